The first-order chi connectivity index (χ1) is 15.2. The lowest BCUT2D eigenvalue weighted by Crippen LogP contribution is -2.12. The van der Waals surface area contributed by atoms with Gasteiger partial charge in [0.05, 0.1) is 5.52 Å². The summed E-state index contributed by atoms with van der Waals surface area (Å²) in [4.78, 5) is 5.14. The topological polar surface area (TPSA) is 26.0 Å². The molecule has 0 aliphatic rings. The van der Waals surface area contributed by atoms with Crippen molar-refractivity contribution in [1.29, 1.82) is 0 Å². The molecular formula is C30H31NO. The molecule has 0 saturated heterocycles. The van der Waals surface area contributed by atoms with Crippen LogP contribution in [-0.4, -0.2) is 4.98 Å². The highest BCUT2D eigenvalue weighted by molar-refractivity contribution is 6.11. The number of rotatable bonds is 3. The van der Waals surface area contributed by atoms with Crippen molar-refractivity contribution in [3.8, 4) is 11.3 Å². The molecule has 5 rings (SSSR count). The highest BCUT2D eigenvalue weighted by Crippen LogP contribution is 2.41. The molecule has 3 aromatic carbocycles. The Kier molecular flexibility index (Phi) is 4.85. The normalized spacial score (nSPS) is 12.5. The molecule has 5 aromatic rings. The van der Waals surface area contributed by atoms with E-state index in [0.717, 1.165) is 34.5 Å². The molecule has 0 amide bonds. The number of aromatic nitrogens is 1. The Morgan fingerprint density at radius 3 is 2.31 bits per heavy atom. The van der Waals surface area contributed by atoms with Crippen molar-refractivity contribution in [1.82, 2.24) is 4.98 Å². The molecule has 0 unspecified atom stereocenters. The Balaban J connectivity index is 1.89. The minimum atomic E-state index is 0.0213. The molecule has 0 fully saturated rings. The summed E-state index contributed by atoms with van der Waals surface area (Å²) in [6, 6.07) is 21.7. The first kappa shape index (κ1) is 20.8. The van der Waals surface area contributed by atoms with Crippen LogP contribution in [0.3, 0.4) is 0 Å². The van der Waals surface area contributed by atoms with Crippen molar-refractivity contribution < 1.29 is 4.42 Å². The quantitative estimate of drug-likeness (QED) is 0.291. The molecule has 0 bridgehead atoms. The number of aryl methyl sites for hydroxylation is 1. The Bertz CT molecular complexity index is 1460. The van der Waals surface area contributed by atoms with Crippen molar-refractivity contribution in [2.24, 2.45) is 5.92 Å². The van der Waals surface area contributed by atoms with Crippen LogP contribution in [0.25, 0.3) is 43.9 Å². The summed E-state index contributed by atoms with van der Waals surface area (Å²) in [7, 11) is 0. The molecule has 0 saturated carbocycles. The second-order valence-electron chi connectivity index (χ2n) is 10.4. The summed E-state index contributed by atoms with van der Waals surface area (Å²) >= 11 is 0. The fourth-order valence-corrected chi connectivity index (χ4v) is 4.83. The largest absolute Gasteiger partial charge is 0.458 e. The number of hydrogen-bond donors (Lipinski definition) is 0. The second kappa shape index (κ2) is 7.48. The molecule has 0 N–H and O–H groups in total. The maximum atomic E-state index is 6.58. The highest BCUT2D eigenvalue weighted by atomic mass is 16.3. The van der Waals surface area contributed by atoms with Gasteiger partial charge in [-0.1, -0.05) is 77.1 Å². The molecule has 0 aliphatic carbocycles. The lowest BCUT2D eigenvalue weighted by molar-refractivity contribution is 0.496. The van der Waals surface area contributed by atoms with Crippen LogP contribution in [0.2, 0.25) is 0 Å². The van der Waals surface area contributed by atoms with Crippen LogP contribution in [-0.2, 0) is 11.8 Å². The molecule has 32 heavy (non-hydrogen) atoms. The van der Waals surface area contributed by atoms with Gasteiger partial charge in [0.25, 0.3) is 0 Å². The zero-order valence-electron chi connectivity index (χ0n) is 19.9. The minimum absolute atomic E-state index is 0.0213. The zero-order valence-corrected chi connectivity index (χ0v) is 19.9. The van der Waals surface area contributed by atoms with Crippen LogP contribution in [0.4, 0.5) is 0 Å². The van der Waals surface area contributed by atoms with E-state index >= 15 is 0 Å². The molecule has 0 radical (unpaired) electrons. The monoisotopic (exact) mass is 421 g/mol. The standard InChI is InChI=1S/C30H31NO/c1-18(2)15-26-19(3)27-23-13-9-10-14-25(23)31-28(29(27)32-26)21-16-20-11-7-8-12-22(20)24(17-21)30(4,5)6/h7-14,16-18H,15H2,1-6H3. The van der Waals surface area contributed by atoms with Gasteiger partial charge in [0.1, 0.15) is 11.5 Å². The van der Waals surface area contributed by atoms with Crippen LogP contribution in [0, 0.1) is 12.8 Å². The summed E-state index contributed by atoms with van der Waals surface area (Å²) in [6.45, 7) is 13.5. The Morgan fingerprint density at radius 2 is 1.59 bits per heavy atom. The maximum Gasteiger partial charge on any atom is 0.161 e. The SMILES string of the molecule is Cc1c(CC(C)C)oc2c(-c3cc(C(C)(C)C)c4ccccc4c3)nc3ccccc3c12. The Labute approximate surface area is 190 Å². The number of furan rings is 1. The van der Waals surface area contributed by atoms with Crippen molar-refractivity contribution in [3.05, 3.63) is 77.6 Å². The second-order valence-corrected chi connectivity index (χ2v) is 10.4. The molecular weight excluding hydrogens is 390 g/mol. The lowest BCUT2D eigenvalue weighted by atomic mass is 9.82. The van der Waals surface area contributed by atoms with Gasteiger partial charge >= 0.3 is 0 Å². The first-order valence-electron chi connectivity index (χ1n) is 11.6. The van der Waals surface area contributed by atoms with Gasteiger partial charge in [0, 0.05) is 22.8 Å². The van der Waals surface area contributed by atoms with E-state index in [2.05, 4.69) is 102 Å². The number of pyridine rings is 1. The van der Waals surface area contributed by atoms with Gasteiger partial charge in [-0.15, -0.1) is 0 Å². The molecule has 2 heterocycles. The average Bonchev–Trinajstić information content (AvgIpc) is 3.07. The van der Waals surface area contributed by atoms with Crippen molar-refractivity contribution in [2.75, 3.05) is 0 Å². The Hall–Kier alpha value is -3.13. The van der Waals surface area contributed by atoms with Crippen LogP contribution >= 0.6 is 0 Å². The molecule has 0 spiro atoms. The fourth-order valence-electron chi connectivity index (χ4n) is 4.83. The van der Waals surface area contributed by atoms with E-state index in [1.165, 1.54) is 32.7 Å². The average molecular weight is 422 g/mol. The lowest BCUT2D eigenvalue weighted by Gasteiger charge is -2.22. The summed E-state index contributed by atoms with van der Waals surface area (Å²) in [6.07, 6.45) is 0.930. The van der Waals surface area contributed by atoms with Gasteiger partial charge in [0.2, 0.25) is 0 Å². The molecule has 2 nitrogen and oxygen atoms in total. The van der Waals surface area contributed by atoms with Crippen LogP contribution in [0.1, 0.15) is 51.5 Å². The molecule has 0 atom stereocenters. The summed E-state index contributed by atoms with van der Waals surface area (Å²) in [5, 5.41) is 4.91. The van der Waals surface area contributed by atoms with Crippen LogP contribution < -0.4 is 0 Å². The van der Waals surface area contributed by atoms with Gasteiger partial charge in [-0.25, -0.2) is 4.98 Å². The van der Waals surface area contributed by atoms with Crippen LogP contribution in [0.5, 0.6) is 0 Å². The molecule has 162 valence electrons. The number of hydrogen-bond acceptors (Lipinski definition) is 2. The van der Waals surface area contributed by atoms with E-state index in [-0.39, 0.29) is 5.41 Å². The minimum Gasteiger partial charge on any atom is -0.458 e. The van der Waals surface area contributed by atoms with E-state index in [4.69, 9.17) is 9.40 Å². The molecule has 2 aromatic heterocycles. The predicted molar refractivity (Wildman–Crippen MR) is 136 cm³/mol. The maximum absolute atomic E-state index is 6.58. The number of para-hydroxylation sites is 1. The number of fused-ring (bicyclic) bond motifs is 4. The summed E-state index contributed by atoms with van der Waals surface area (Å²) in [5.41, 5.74) is 6.58. The Morgan fingerprint density at radius 1 is 0.906 bits per heavy atom. The van der Waals surface area contributed by atoms with E-state index in [9.17, 15) is 0 Å². The predicted octanol–water partition coefficient (Wildman–Crippen LogP) is 8.61. The molecule has 0 aliphatic heterocycles. The zero-order chi connectivity index (χ0) is 22.6. The van der Waals surface area contributed by atoms with E-state index < -0.39 is 0 Å². The summed E-state index contributed by atoms with van der Waals surface area (Å²) in [5.74, 6) is 1.61. The van der Waals surface area contributed by atoms with E-state index in [1.54, 1.807) is 0 Å². The third-order valence-electron chi connectivity index (χ3n) is 6.40. The fraction of sp³-hybridized carbons (Fsp3) is 0.300. The third-order valence-corrected chi connectivity index (χ3v) is 6.40. The van der Waals surface area contributed by atoms with E-state index in [1.807, 2.05) is 0 Å². The van der Waals surface area contributed by atoms with Crippen molar-refractivity contribution in [2.45, 2.75) is 53.4 Å². The number of nitrogens with zero attached hydrogens (tertiary/aromatic N) is 1. The van der Waals surface area contributed by atoms with Crippen molar-refractivity contribution in [3.63, 3.8) is 0 Å². The number of benzene rings is 3. The molecule has 2 heteroatoms. The third kappa shape index (κ3) is 3.39. The van der Waals surface area contributed by atoms with E-state index in [0.29, 0.717) is 5.92 Å². The smallest absolute Gasteiger partial charge is 0.161 e. The van der Waals surface area contributed by atoms with Gasteiger partial charge in [-0.2, -0.15) is 0 Å². The first-order valence-corrected chi connectivity index (χ1v) is 11.6. The van der Waals surface area contributed by atoms with Gasteiger partial charge in [-0.3, -0.25) is 0 Å². The van der Waals surface area contributed by atoms with Crippen LogP contribution in [0.15, 0.2) is 65.1 Å². The van der Waals surface area contributed by atoms with Gasteiger partial charge in [-0.05, 0) is 58.4 Å². The highest BCUT2D eigenvalue weighted by Gasteiger charge is 2.23. The van der Waals surface area contributed by atoms with Crippen molar-refractivity contribution >= 4 is 32.6 Å². The van der Waals surface area contributed by atoms with Gasteiger partial charge in [0.15, 0.2) is 5.58 Å². The van der Waals surface area contributed by atoms with Gasteiger partial charge < -0.3 is 4.42 Å². The summed E-state index contributed by atoms with van der Waals surface area (Å²) < 4.78 is 6.58.